The molecule has 0 radical (unpaired) electrons. The highest BCUT2D eigenvalue weighted by atomic mass is 32.1. The van der Waals surface area contributed by atoms with E-state index >= 15 is 0 Å². The minimum absolute atomic E-state index is 0.0714. The highest BCUT2D eigenvalue weighted by molar-refractivity contribution is 7.17. The molecule has 0 aliphatic heterocycles. The van der Waals surface area contributed by atoms with Gasteiger partial charge in [-0.05, 0) is 52.0 Å². The summed E-state index contributed by atoms with van der Waals surface area (Å²) in [5.41, 5.74) is 1.66. The number of nitrogens with two attached hydrogens (primary N) is 1. The number of rotatable bonds is 6. The van der Waals surface area contributed by atoms with E-state index in [0.29, 0.717) is 29.8 Å². The van der Waals surface area contributed by atoms with E-state index in [9.17, 15) is 9.59 Å². The van der Waals surface area contributed by atoms with Crippen LogP contribution in [0.1, 0.15) is 54.4 Å². The van der Waals surface area contributed by atoms with E-state index < -0.39 is 0 Å². The molecular weight excluding hydrogens is 300 g/mol. The number of nitrogens with one attached hydrogen (secondary N) is 1. The van der Waals surface area contributed by atoms with Gasteiger partial charge in [-0.15, -0.1) is 11.3 Å². The number of amides is 1. The fourth-order valence-electron chi connectivity index (χ4n) is 2.59. The van der Waals surface area contributed by atoms with E-state index in [4.69, 9.17) is 4.74 Å². The molecule has 1 heterocycles. The lowest BCUT2D eigenvalue weighted by atomic mass is 9.95. The Balaban J connectivity index is 2.20. The number of fused-ring (bicyclic) bond motifs is 1. The van der Waals surface area contributed by atoms with Crippen molar-refractivity contribution < 1.29 is 19.6 Å². The largest absolute Gasteiger partial charge is 0.462 e. The molecular formula is C16H25N2O3S+. The van der Waals surface area contributed by atoms with Gasteiger partial charge in [-0.2, -0.15) is 0 Å². The molecule has 0 spiro atoms. The Morgan fingerprint density at radius 2 is 2.05 bits per heavy atom. The number of hydrogen-bond donors (Lipinski definition) is 2. The summed E-state index contributed by atoms with van der Waals surface area (Å²) in [5, 5.41) is 5.53. The van der Waals surface area contributed by atoms with E-state index in [1.165, 1.54) is 16.2 Å². The number of carbonyl (C=O) groups excluding carboxylic acids is 2. The molecule has 1 aliphatic carbocycles. The molecule has 1 aromatic heterocycles. The molecule has 0 fully saturated rings. The van der Waals surface area contributed by atoms with Gasteiger partial charge in [-0.1, -0.05) is 0 Å². The van der Waals surface area contributed by atoms with E-state index in [-0.39, 0.29) is 11.9 Å². The fourth-order valence-corrected chi connectivity index (χ4v) is 3.89. The Morgan fingerprint density at radius 1 is 1.32 bits per heavy atom. The predicted molar refractivity (Wildman–Crippen MR) is 87.5 cm³/mol. The first-order valence-corrected chi connectivity index (χ1v) is 8.79. The number of esters is 1. The lowest BCUT2D eigenvalue weighted by Gasteiger charge is -2.12. The van der Waals surface area contributed by atoms with Gasteiger partial charge in [-0.25, -0.2) is 4.79 Å². The maximum absolute atomic E-state index is 12.3. The van der Waals surface area contributed by atoms with E-state index in [1.54, 1.807) is 6.92 Å². The summed E-state index contributed by atoms with van der Waals surface area (Å²) in [6, 6.07) is 0.367. The zero-order chi connectivity index (χ0) is 16.1. The second-order valence-corrected chi connectivity index (χ2v) is 6.97. The van der Waals surface area contributed by atoms with Gasteiger partial charge in [0.2, 0.25) is 0 Å². The van der Waals surface area contributed by atoms with Gasteiger partial charge in [-0.3, -0.25) is 4.79 Å². The van der Waals surface area contributed by atoms with Crippen LogP contribution >= 0.6 is 11.3 Å². The van der Waals surface area contributed by atoms with Gasteiger partial charge in [0.05, 0.1) is 18.2 Å². The van der Waals surface area contributed by atoms with Crippen LogP contribution in [0.25, 0.3) is 0 Å². The molecule has 0 unspecified atom stereocenters. The van der Waals surface area contributed by atoms with Crippen LogP contribution in [-0.2, 0) is 22.4 Å². The number of carbonyl (C=O) groups is 2. The molecule has 5 nitrogen and oxygen atoms in total. The second kappa shape index (κ2) is 7.74. The summed E-state index contributed by atoms with van der Waals surface area (Å²) in [6.07, 6.45) is 4.11. The number of hydrogen-bond acceptors (Lipinski definition) is 4. The summed E-state index contributed by atoms with van der Waals surface area (Å²) < 4.78 is 5.18. The number of anilines is 1. The standard InChI is InChI=1S/C16H24N2O3S/c1-4-21-16(20)14-11-7-5-6-8-12(11)22-15(14)18-13(19)9-17-10(2)3/h10,17H,4-9H2,1-3H3,(H,18,19)/p+1. The third-order valence-corrected chi connectivity index (χ3v) is 4.89. The van der Waals surface area contributed by atoms with Gasteiger partial charge < -0.3 is 15.4 Å². The van der Waals surface area contributed by atoms with Crippen molar-refractivity contribution in [2.24, 2.45) is 0 Å². The van der Waals surface area contributed by atoms with Gasteiger partial charge in [0.25, 0.3) is 5.91 Å². The Bertz CT molecular complexity index is 552. The smallest absolute Gasteiger partial charge is 0.341 e. The Labute approximate surface area is 135 Å². The molecule has 0 bridgehead atoms. The zero-order valence-corrected chi connectivity index (χ0v) is 14.3. The maximum atomic E-state index is 12.3. The highest BCUT2D eigenvalue weighted by Crippen LogP contribution is 2.38. The highest BCUT2D eigenvalue weighted by Gasteiger charge is 2.27. The SMILES string of the molecule is CCOC(=O)c1c(NC(=O)C[NH2+]C(C)C)sc2c1CCCC2. The summed E-state index contributed by atoms with van der Waals surface area (Å²) >= 11 is 1.53. The molecule has 1 aliphatic rings. The van der Waals surface area contributed by atoms with E-state index in [1.807, 2.05) is 19.2 Å². The number of quaternary nitrogens is 1. The summed E-state index contributed by atoms with van der Waals surface area (Å²) in [5.74, 6) is -0.386. The molecule has 3 N–H and O–H groups in total. The normalized spacial score (nSPS) is 13.8. The summed E-state index contributed by atoms with van der Waals surface area (Å²) in [7, 11) is 0. The third kappa shape index (κ3) is 4.08. The van der Waals surface area contributed by atoms with Crippen molar-refractivity contribution >= 4 is 28.2 Å². The van der Waals surface area contributed by atoms with Gasteiger partial charge in [0, 0.05) is 4.88 Å². The average molecular weight is 325 g/mol. The van der Waals surface area contributed by atoms with Crippen molar-refractivity contribution in [1.29, 1.82) is 0 Å². The maximum Gasteiger partial charge on any atom is 0.341 e. The predicted octanol–water partition coefficient (Wildman–Crippen LogP) is 1.71. The van der Waals surface area contributed by atoms with Crippen molar-refractivity contribution in [3.8, 4) is 0 Å². The van der Waals surface area contributed by atoms with Crippen LogP contribution in [-0.4, -0.2) is 31.1 Å². The molecule has 122 valence electrons. The Hall–Kier alpha value is -1.40. The number of thiophene rings is 1. The van der Waals surface area contributed by atoms with E-state index in [0.717, 1.165) is 31.2 Å². The van der Waals surface area contributed by atoms with Crippen molar-refractivity contribution in [1.82, 2.24) is 0 Å². The minimum Gasteiger partial charge on any atom is -0.462 e. The number of ether oxygens (including phenoxy) is 1. The monoisotopic (exact) mass is 325 g/mol. The van der Waals surface area contributed by atoms with Crippen molar-refractivity contribution in [2.75, 3.05) is 18.5 Å². The van der Waals surface area contributed by atoms with Crippen LogP contribution in [0, 0.1) is 0 Å². The Kier molecular flexibility index (Phi) is 5.97. The lowest BCUT2D eigenvalue weighted by Crippen LogP contribution is -2.90. The van der Waals surface area contributed by atoms with Crippen molar-refractivity contribution in [3.63, 3.8) is 0 Å². The minimum atomic E-state index is -0.315. The summed E-state index contributed by atoms with van der Waals surface area (Å²) in [6.45, 7) is 6.59. The van der Waals surface area contributed by atoms with Crippen LogP contribution in [0.5, 0.6) is 0 Å². The first-order valence-electron chi connectivity index (χ1n) is 7.97. The average Bonchev–Trinajstić information content (AvgIpc) is 2.83. The first-order chi connectivity index (χ1) is 10.5. The van der Waals surface area contributed by atoms with Crippen molar-refractivity contribution in [2.45, 2.75) is 52.5 Å². The van der Waals surface area contributed by atoms with Crippen LogP contribution < -0.4 is 10.6 Å². The molecule has 22 heavy (non-hydrogen) atoms. The first kappa shape index (κ1) is 17.0. The summed E-state index contributed by atoms with van der Waals surface area (Å²) in [4.78, 5) is 25.6. The third-order valence-electron chi connectivity index (χ3n) is 3.68. The topological polar surface area (TPSA) is 72.0 Å². The molecule has 2 rings (SSSR count). The number of aryl methyl sites for hydroxylation is 1. The zero-order valence-electron chi connectivity index (χ0n) is 13.5. The van der Waals surface area contributed by atoms with Crippen molar-refractivity contribution in [3.05, 3.63) is 16.0 Å². The Morgan fingerprint density at radius 3 is 2.73 bits per heavy atom. The van der Waals surface area contributed by atoms with Gasteiger partial charge in [0.1, 0.15) is 5.00 Å². The molecule has 1 amide bonds. The molecule has 6 heteroatoms. The molecule has 0 saturated carbocycles. The van der Waals surface area contributed by atoms with Crippen LogP contribution in [0.4, 0.5) is 5.00 Å². The quantitative estimate of drug-likeness (QED) is 0.782. The van der Waals surface area contributed by atoms with E-state index in [2.05, 4.69) is 5.32 Å². The fraction of sp³-hybridized carbons (Fsp3) is 0.625. The van der Waals surface area contributed by atoms with Crippen LogP contribution in [0.15, 0.2) is 0 Å². The van der Waals surface area contributed by atoms with Gasteiger partial charge in [0.15, 0.2) is 6.54 Å². The molecule has 1 aromatic rings. The molecule has 0 atom stereocenters. The lowest BCUT2D eigenvalue weighted by molar-refractivity contribution is -0.672. The van der Waals surface area contributed by atoms with Gasteiger partial charge >= 0.3 is 5.97 Å². The van der Waals surface area contributed by atoms with Crippen LogP contribution in [0.3, 0.4) is 0 Å². The molecule has 0 saturated heterocycles. The second-order valence-electron chi connectivity index (χ2n) is 5.87. The van der Waals surface area contributed by atoms with Crippen LogP contribution in [0.2, 0.25) is 0 Å². The molecule has 0 aromatic carbocycles.